The number of carboxylic acids is 1. The molecule has 0 aliphatic carbocycles. The summed E-state index contributed by atoms with van der Waals surface area (Å²) >= 11 is 0. The van der Waals surface area contributed by atoms with Gasteiger partial charge >= 0.3 is 5.97 Å². The van der Waals surface area contributed by atoms with Crippen LogP contribution in [0.4, 0.5) is 0 Å². The van der Waals surface area contributed by atoms with Crippen LogP contribution in [0.15, 0.2) is 30.3 Å². The Morgan fingerprint density at radius 1 is 1.27 bits per heavy atom. The predicted octanol–water partition coefficient (Wildman–Crippen LogP) is 2.73. The average Bonchev–Trinajstić information content (AvgIpc) is 2.47. The number of benzene rings is 1. The Kier molecular flexibility index (Phi) is 8.46. The number of rotatable bonds is 7. The van der Waals surface area contributed by atoms with Gasteiger partial charge in [-0.05, 0) is 44.5 Å². The lowest BCUT2D eigenvalue weighted by Gasteiger charge is -2.33. The summed E-state index contributed by atoms with van der Waals surface area (Å²) in [6, 6.07) is 10.6. The normalized spacial score (nSPS) is 16.5. The Morgan fingerprint density at radius 3 is 2.50 bits per heavy atom. The second-order valence-electron chi connectivity index (χ2n) is 6.11. The van der Waals surface area contributed by atoms with Gasteiger partial charge in [0.1, 0.15) is 0 Å². The first-order valence-electron chi connectivity index (χ1n) is 7.80. The van der Waals surface area contributed by atoms with E-state index in [0.29, 0.717) is 6.54 Å². The highest BCUT2D eigenvalue weighted by atomic mass is 35.5. The largest absolute Gasteiger partial charge is 0.481 e. The standard InChI is InChI=1S/C17H26N2O2.ClH/c1-18(13-15-5-3-2-4-6-15)14-16-7-10-19(11-8-16)12-9-17(20)21;/h2-6,16H,7-14H2,1H3,(H,20,21);1H. The number of carbonyl (C=O) groups is 1. The third-order valence-electron chi connectivity index (χ3n) is 4.21. The fourth-order valence-electron chi connectivity index (χ4n) is 3.05. The van der Waals surface area contributed by atoms with Gasteiger partial charge in [-0.15, -0.1) is 12.4 Å². The summed E-state index contributed by atoms with van der Waals surface area (Å²) in [4.78, 5) is 15.3. The Bertz CT molecular complexity index is 434. The van der Waals surface area contributed by atoms with Crippen LogP contribution in [0.1, 0.15) is 24.8 Å². The SMILES string of the molecule is CN(Cc1ccccc1)CC1CCN(CCC(=O)O)CC1.Cl. The number of hydrogen-bond donors (Lipinski definition) is 1. The van der Waals surface area contributed by atoms with Gasteiger partial charge in [0.05, 0.1) is 6.42 Å². The second kappa shape index (κ2) is 9.82. The molecule has 5 heteroatoms. The van der Waals surface area contributed by atoms with Gasteiger partial charge < -0.3 is 14.9 Å². The Hall–Kier alpha value is -1.10. The van der Waals surface area contributed by atoms with Crippen molar-refractivity contribution in [3.8, 4) is 0 Å². The molecule has 0 bridgehead atoms. The molecular formula is C17H27ClN2O2. The molecule has 0 atom stereocenters. The summed E-state index contributed by atoms with van der Waals surface area (Å²) in [5.74, 6) is 0.0412. The van der Waals surface area contributed by atoms with E-state index in [1.807, 2.05) is 0 Å². The van der Waals surface area contributed by atoms with E-state index >= 15 is 0 Å². The minimum atomic E-state index is -0.695. The maximum atomic E-state index is 10.6. The van der Waals surface area contributed by atoms with Crippen molar-refractivity contribution in [2.24, 2.45) is 5.92 Å². The van der Waals surface area contributed by atoms with Crippen LogP contribution in [0, 0.1) is 5.92 Å². The van der Waals surface area contributed by atoms with Gasteiger partial charge in [0.25, 0.3) is 0 Å². The van der Waals surface area contributed by atoms with E-state index in [0.717, 1.165) is 32.1 Å². The summed E-state index contributed by atoms with van der Waals surface area (Å²) in [6.07, 6.45) is 2.62. The van der Waals surface area contributed by atoms with Gasteiger partial charge in [-0.3, -0.25) is 4.79 Å². The number of likely N-dealkylation sites (tertiary alicyclic amines) is 1. The molecule has 2 rings (SSSR count). The maximum absolute atomic E-state index is 10.6. The topological polar surface area (TPSA) is 43.8 Å². The molecule has 0 spiro atoms. The Morgan fingerprint density at radius 2 is 1.91 bits per heavy atom. The first-order chi connectivity index (χ1) is 10.1. The number of aliphatic carboxylic acids is 1. The molecule has 1 aromatic carbocycles. The van der Waals surface area contributed by atoms with Crippen LogP contribution in [-0.4, -0.2) is 54.1 Å². The smallest absolute Gasteiger partial charge is 0.304 e. The van der Waals surface area contributed by atoms with Crippen LogP contribution < -0.4 is 0 Å². The number of hydrogen-bond acceptors (Lipinski definition) is 3. The van der Waals surface area contributed by atoms with Gasteiger partial charge in [0, 0.05) is 19.6 Å². The van der Waals surface area contributed by atoms with Crippen LogP contribution in [-0.2, 0) is 11.3 Å². The lowest BCUT2D eigenvalue weighted by Crippen LogP contribution is -2.38. The molecule has 4 nitrogen and oxygen atoms in total. The van der Waals surface area contributed by atoms with E-state index in [2.05, 4.69) is 47.2 Å². The highest BCUT2D eigenvalue weighted by Gasteiger charge is 2.20. The zero-order valence-corrected chi connectivity index (χ0v) is 14.1. The minimum absolute atomic E-state index is 0. The van der Waals surface area contributed by atoms with Crippen LogP contribution in [0.5, 0.6) is 0 Å². The van der Waals surface area contributed by atoms with Crippen LogP contribution >= 0.6 is 12.4 Å². The van der Waals surface area contributed by atoms with Crippen LogP contribution in [0.2, 0.25) is 0 Å². The van der Waals surface area contributed by atoms with Crippen LogP contribution in [0.3, 0.4) is 0 Å². The van der Waals surface area contributed by atoms with Crippen molar-refractivity contribution < 1.29 is 9.90 Å². The van der Waals surface area contributed by atoms with Crippen molar-refractivity contribution in [3.05, 3.63) is 35.9 Å². The molecule has 22 heavy (non-hydrogen) atoms. The molecule has 0 amide bonds. The molecule has 1 aromatic rings. The van der Waals surface area contributed by atoms with Crippen molar-refractivity contribution in [1.82, 2.24) is 9.80 Å². The lowest BCUT2D eigenvalue weighted by atomic mass is 9.96. The molecule has 0 radical (unpaired) electrons. The van der Waals surface area contributed by atoms with E-state index < -0.39 is 5.97 Å². The van der Waals surface area contributed by atoms with Crippen molar-refractivity contribution in [2.75, 3.05) is 33.2 Å². The monoisotopic (exact) mass is 326 g/mol. The van der Waals surface area contributed by atoms with E-state index in [9.17, 15) is 4.79 Å². The summed E-state index contributed by atoms with van der Waals surface area (Å²) in [5.41, 5.74) is 1.36. The number of carboxylic acid groups (broad SMARTS) is 1. The van der Waals surface area contributed by atoms with Gasteiger partial charge in [-0.2, -0.15) is 0 Å². The lowest BCUT2D eigenvalue weighted by molar-refractivity contribution is -0.137. The fraction of sp³-hybridized carbons (Fsp3) is 0.588. The summed E-state index contributed by atoms with van der Waals surface area (Å²) < 4.78 is 0. The molecule has 124 valence electrons. The van der Waals surface area contributed by atoms with Crippen molar-refractivity contribution in [2.45, 2.75) is 25.8 Å². The first-order valence-corrected chi connectivity index (χ1v) is 7.80. The highest BCUT2D eigenvalue weighted by molar-refractivity contribution is 5.85. The third-order valence-corrected chi connectivity index (χ3v) is 4.21. The maximum Gasteiger partial charge on any atom is 0.304 e. The molecule has 1 saturated heterocycles. The quantitative estimate of drug-likeness (QED) is 0.836. The minimum Gasteiger partial charge on any atom is -0.481 e. The summed E-state index contributed by atoms with van der Waals surface area (Å²) in [5, 5.41) is 8.72. The van der Waals surface area contributed by atoms with Gasteiger partial charge in [0.15, 0.2) is 0 Å². The molecule has 0 unspecified atom stereocenters. The highest BCUT2D eigenvalue weighted by Crippen LogP contribution is 2.19. The van der Waals surface area contributed by atoms with Gasteiger partial charge in [0.2, 0.25) is 0 Å². The molecule has 0 saturated carbocycles. The molecule has 1 fully saturated rings. The fourth-order valence-corrected chi connectivity index (χ4v) is 3.05. The number of piperidine rings is 1. The molecular weight excluding hydrogens is 300 g/mol. The van der Waals surface area contributed by atoms with E-state index in [-0.39, 0.29) is 18.8 Å². The second-order valence-corrected chi connectivity index (χ2v) is 6.11. The van der Waals surface area contributed by atoms with E-state index in [1.165, 1.54) is 18.4 Å². The van der Waals surface area contributed by atoms with E-state index in [4.69, 9.17) is 5.11 Å². The Labute approximate surface area is 139 Å². The van der Waals surface area contributed by atoms with Crippen molar-refractivity contribution in [3.63, 3.8) is 0 Å². The predicted molar refractivity (Wildman–Crippen MR) is 91.4 cm³/mol. The number of halogens is 1. The summed E-state index contributed by atoms with van der Waals surface area (Å²) in [7, 11) is 2.18. The zero-order chi connectivity index (χ0) is 15.1. The summed E-state index contributed by atoms with van der Waals surface area (Å²) in [6.45, 7) is 4.90. The number of nitrogens with zero attached hydrogens (tertiary/aromatic N) is 2. The molecule has 1 heterocycles. The molecule has 0 aromatic heterocycles. The van der Waals surface area contributed by atoms with Crippen molar-refractivity contribution >= 4 is 18.4 Å². The van der Waals surface area contributed by atoms with E-state index in [1.54, 1.807) is 0 Å². The molecule has 1 aliphatic rings. The van der Waals surface area contributed by atoms with Gasteiger partial charge in [-0.25, -0.2) is 0 Å². The molecule has 1 N–H and O–H groups in total. The average molecular weight is 327 g/mol. The third kappa shape index (κ3) is 6.77. The van der Waals surface area contributed by atoms with Crippen molar-refractivity contribution in [1.29, 1.82) is 0 Å². The van der Waals surface area contributed by atoms with Crippen LogP contribution in [0.25, 0.3) is 0 Å². The zero-order valence-electron chi connectivity index (χ0n) is 13.3. The molecule has 1 aliphatic heterocycles. The van der Waals surface area contributed by atoms with Gasteiger partial charge in [-0.1, -0.05) is 30.3 Å². The Balaban J connectivity index is 0.00000242. The first kappa shape index (κ1) is 18.9.